The van der Waals surface area contributed by atoms with Crippen LogP contribution < -0.4 is 10.2 Å². The second kappa shape index (κ2) is 6.31. The minimum Gasteiger partial charge on any atom is -0.371 e. The van der Waals surface area contributed by atoms with Crippen molar-refractivity contribution in [1.82, 2.24) is 5.32 Å². The molecular formula is C19H24N2. The highest BCUT2D eigenvalue weighted by Crippen LogP contribution is 2.28. The van der Waals surface area contributed by atoms with Crippen LogP contribution in [-0.4, -0.2) is 20.1 Å². The summed E-state index contributed by atoms with van der Waals surface area (Å²) in [6.07, 6.45) is 2.32. The smallest absolute Gasteiger partial charge is 0.0399 e. The Kier molecular flexibility index (Phi) is 4.26. The summed E-state index contributed by atoms with van der Waals surface area (Å²) in [5, 5.41) is 3.46. The Balaban J connectivity index is 1.65. The SMILES string of the molecule is CNC(CCN1CCc2ccccc21)c1ccc(C)cc1. The number of anilines is 1. The molecule has 1 aliphatic rings. The molecule has 21 heavy (non-hydrogen) atoms. The summed E-state index contributed by atoms with van der Waals surface area (Å²) in [5.74, 6) is 0. The van der Waals surface area contributed by atoms with Gasteiger partial charge in [-0.25, -0.2) is 0 Å². The minimum atomic E-state index is 0.429. The van der Waals surface area contributed by atoms with E-state index in [-0.39, 0.29) is 0 Å². The van der Waals surface area contributed by atoms with Gasteiger partial charge in [0.15, 0.2) is 0 Å². The van der Waals surface area contributed by atoms with Crippen LogP contribution in [0.5, 0.6) is 0 Å². The van der Waals surface area contributed by atoms with Crippen LogP contribution in [0.15, 0.2) is 48.5 Å². The summed E-state index contributed by atoms with van der Waals surface area (Å²) in [6.45, 7) is 4.40. The van der Waals surface area contributed by atoms with Gasteiger partial charge < -0.3 is 10.2 Å². The summed E-state index contributed by atoms with van der Waals surface area (Å²) in [4.78, 5) is 2.52. The van der Waals surface area contributed by atoms with Gasteiger partial charge in [-0.05, 0) is 44.0 Å². The predicted molar refractivity (Wildman–Crippen MR) is 90.0 cm³/mol. The van der Waals surface area contributed by atoms with Crippen LogP contribution in [0.25, 0.3) is 0 Å². The van der Waals surface area contributed by atoms with E-state index in [9.17, 15) is 0 Å². The number of nitrogens with zero attached hydrogens (tertiary/aromatic N) is 1. The number of rotatable bonds is 5. The first-order valence-electron chi connectivity index (χ1n) is 7.84. The minimum absolute atomic E-state index is 0.429. The number of hydrogen-bond donors (Lipinski definition) is 1. The van der Waals surface area contributed by atoms with Crippen LogP contribution in [0.2, 0.25) is 0 Å². The van der Waals surface area contributed by atoms with E-state index in [2.05, 4.69) is 72.7 Å². The van der Waals surface area contributed by atoms with Gasteiger partial charge in [-0.3, -0.25) is 0 Å². The number of fused-ring (bicyclic) bond motifs is 1. The topological polar surface area (TPSA) is 15.3 Å². The molecule has 1 N–H and O–H groups in total. The maximum atomic E-state index is 3.46. The molecule has 0 aliphatic carbocycles. The Morgan fingerprint density at radius 2 is 1.86 bits per heavy atom. The van der Waals surface area contributed by atoms with Crippen molar-refractivity contribution >= 4 is 5.69 Å². The van der Waals surface area contributed by atoms with E-state index in [1.165, 1.54) is 28.8 Å². The first-order chi connectivity index (χ1) is 10.3. The Labute approximate surface area is 127 Å². The van der Waals surface area contributed by atoms with Gasteiger partial charge in [0, 0.05) is 24.8 Å². The molecule has 2 aromatic rings. The lowest BCUT2D eigenvalue weighted by atomic mass is 10.0. The molecule has 0 spiro atoms. The lowest BCUT2D eigenvalue weighted by molar-refractivity contribution is 0.545. The third-order valence-corrected chi connectivity index (χ3v) is 4.50. The fraction of sp³-hybridized carbons (Fsp3) is 0.368. The molecule has 0 radical (unpaired) electrons. The summed E-state index contributed by atoms with van der Waals surface area (Å²) < 4.78 is 0. The van der Waals surface area contributed by atoms with Crippen molar-refractivity contribution in [2.45, 2.75) is 25.8 Å². The first-order valence-corrected chi connectivity index (χ1v) is 7.84. The van der Waals surface area contributed by atoms with Gasteiger partial charge >= 0.3 is 0 Å². The predicted octanol–water partition coefficient (Wildman–Crippen LogP) is 3.71. The maximum Gasteiger partial charge on any atom is 0.0399 e. The molecule has 3 rings (SSSR count). The van der Waals surface area contributed by atoms with Crippen LogP contribution in [0.1, 0.15) is 29.2 Å². The summed E-state index contributed by atoms with van der Waals surface area (Å²) >= 11 is 0. The molecule has 2 heteroatoms. The van der Waals surface area contributed by atoms with Crippen LogP contribution >= 0.6 is 0 Å². The molecule has 1 heterocycles. The van der Waals surface area contributed by atoms with E-state index in [0.29, 0.717) is 6.04 Å². The van der Waals surface area contributed by atoms with Crippen molar-refractivity contribution in [3.8, 4) is 0 Å². The molecule has 2 nitrogen and oxygen atoms in total. The van der Waals surface area contributed by atoms with Crippen molar-refractivity contribution in [2.24, 2.45) is 0 Å². The Bertz CT molecular complexity index is 589. The molecule has 1 atom stereocenters. The average Bonchev–Trinajstić information content (AvgIpc) is 2.93. The molecular weight excluding hydrogens is 256 g/mol. The van der Waals surface area contributed by atoms with Gasteiger partial charge in [-0.15, -0.1) is 0 Å². The molecule has 1 aliphatic heterocycles. The zero-order valence-electron chi connectivity index (χ0n) is 13.0. The fourth-order valence-corrected chi connectivity index (χ4v) is 3.20. The summed E-state index contributed by atoms with van der Waals surface area (Å²) in [7, 11) is 2.06. The Morgan fingerprint density at radius 3 is 2.62 bits per heavy atom. The third-order valence-electron chi connectivity index (χ3n) is 4.50. The normalized spacial score (nSPS) is 15.0. The quantitative estimate of drug-likeness (QED) is 0.898. The van der Waals surface area contributed by atoms with E-state index in [0.717, 1.165) is 19.5 Å². The second-order valence-corrected chi connectivity index (χ2v) is 5.91. The van der Waals surface area contributed by atoms with Crippen molar-refractivity contribution in [3.05, 3.63) is 65.2 Å². The monoisotopic (exact) mass is 280 g/mol. The number of hydrogen-bond acceptors (Lipinski definition) is 2. The van der Waals surface area contributed by atoms with E-state index in [4.69, 9.17) is 0 Å². The van der Waals surface area contributed by atoms with Crippen molar-refractivity contribution in [3.63, 3.8) is 0 Å². The van der Waals surface area contributed by atoms with E-state index in [1.54, 1.807) is 0 Å². The second-order valence-electron chi connectivity index (χ2n) is 5.91. The standard InChI is InChI=1S/C19H24N2/c1-15-7-9-16(10-8-15)18(20-2)12-14-21-13-11-17-5-3-4-6-19(17)21/h3-10,18,20H,11-14H2,1-2H3. The lowest BCUT2D eigenvalue weighted by Gasteiger charge is -2.23. The van der Waals surface area contributed by atoms with Gasteiger partial charge in [0.2, 0.25) is 0 Å². The molecule has 0 saturated carbocycles. The van der Waals surface area contributed by atoms with Gasteiger partial charge in [0.05, 0.1) is 0 Å². The van der Waals surface area contributed by atoms with Gasteiger partial charge in [-0.2, -0.15) is 0 Å². The van der Waals surface area contributed by atoms with E-state index >= 15 is 0 Å². The zero-order valence-corrected chi connectivity index (χ0v) is 13.0. The number of aryl methyl sites for hydroxylation is 1. The van der Waals surface area contributed by atoms with Gasteiger partial charge in [0.1, 0.15) is 0 Å². The average molecular weight is 280 g/mol. The molecule has 0 fully saturated rings. The van der Waals surface area contributed by atoms with Crippen LogP contribution in [0.3, 0.4) is 0 Å². The summed E-state index contributed by atoms with van der Waals surface area (Å²) in [6, 6.07) is 18.1. The largest absolute Gasteiger partial charge is 0.371 e. The highest BCUT2D eigenvalue weighted by atomic mass is 15.1. The zero-order chi connectivity index (χ0) is 14.7. The maximum absolute atomic E-state index is 3.46. The van der Waals surface area contributed by atoms with Crippen molar-refractivity contribution in [1.29, 1.82) is 0 Å². The first kappa shape index (κ1) is 14.2. The van der Waals surface area contributed by atoms with Crippen molar-refractivity contribution < 1.29 is 0 Å². The molecule has 0 amide bonds. The third kappa shape index (κ3) is 3.11. The van der Waals surface area contributed by atoms with E-state index in [1.807, 2.05) is 0 Å². The highest BCUT2D eigenvalue weighted by molar-refractivity contribution is 5.57. The summed E-state index contributed by atoms with van der Waals surface area (Å²) in [5.41, 5.74) is 5.63. The Hall–Kier alpha value is -1.80. The van der Waals surface area contributed by atoms with Gasteiger partial charge in [0.25, 0.3) is 0 Å². The van der Waals surface area contributed by atoms with Crippen LogP contribution in [0.4, 0.5) is 5.69 Å². The molecule has 2 aromatic carbocycles. The van der Waals surface area contributed by atoms with Crippen LogP contribution in [-0.2, 0) is 6.42 Å². The fourth-order valence-electron chi connectivity index (χ4n) is 3.20. The number of para-hydroxylation sites is 1. The molecule has 0 aromatic heterocycles. The van der Waals surface area contributed by atoms with E-state index < -0.39 is 0 Å². The number of nitrogens with one attached hydrogen (secondary N) is 1. The van der Waals surface area contributed by atoms with Crippen molar-refractivity contribution in [2.75, 3.05) is 25.0 Å². The number of benzene rings is 2. The Morgan fingerprint density at radius 1 is 1.10 bits per heavy atom. The molecule has 1 unspecified atom stereocenters. The lowest BCUT2D eigenvalue weighted by Crippen LogP contribution is -2.27. The molecule has 0 bridgehead atoms. The van der Waals surface area contributed by atoms with Crippen LogP contribution in [0, 0.1) is 6.92 Å². The van der Waals surface area contributed by atoms with Gasteiger partial charge in [-0.1, -0.05) is 48.0 Å². The highest BCUT2D eigenvalue weighted by Gasteiger charge is 2.19. The molecule has 110 valence electrons. The molecule has 0 saturated heterocycles.